The fourth-order valence-electron chi connectivity index (χ4n) is 1.99. The number of nitrogens with one attached hydrogen (secondary N) is 2. The predicted octanol–water partition coefficient (Wildman–Crippen LogP) is 0.126. The van der Waals surface area contributed by atoms with Crippen LogP contribution in [0.15, 0.2) is 18.3 Å². The first-order valence-corrected chi connectivity index (χ1v) is 5.86. The van der Waals surface area contributed by atoms with Gasteiger partial charge in [0, 0.05) is 25.8 Å². The van der Waals surface area contributed by atoms with Crippen LogP contribution in [0.25, 0.3) is 0 Å². The van der Waals surface area contributed by atoms with Crippen molar-refractivity contribution in [1.82, 2.24) is 15.6 Å². The minimum atomic E-state index is -0.147. The first-order chi connectivity index (χ1) is 8.22. The van der Waals surface area contributed by atoms with Crippen LogP contribution in [0.4, 0.5) is 5.82 Å². The molecule has 1 aromatic heterocycles. The van der Waals surface area contributed by atoms with Crippen molar-refractivity contribution in [2.24, 2.45) is 0 Å². The normalized spacial score (nSPS) is 20.2. The summed E-state index contributed by atoms with van der Waals surface area (Å²) in [5.41, 5.74) is 1.14. The molecule has 1 fully saturated rings. The molecule has 1 aromatic rings. The van der Waals surface area contributed by atoms with Crippen molar-refractivity contribution in [3.8, 4) is 0 Å². The largest absolute Gasteiger partial charge is 0.353 e. The van der Waals surface area contributed by atoms with Crippen LogP contribution in [0.3, 0.4) is 0 Å². The first kappa shape index (κ1) is 11.9. The average Bonchev–Trinajstić information content (AvgIpc) is 2.34. The number of nitrogens with zero attached hydrogens (tertiary/aromatic N) is 2. The minimum absolute atomic E-state index is 0.0670. The molecule has 1 amide bonds. The number of aromatic nitrogens is 1. The van der Waals surface area contributed by atoms with E-state index in [4.69, 9.17) is 0 Å². The lowest BCUT2D eigenvalue weighted by molar-refractivity contribution is -0.122. The van der Waals surface area contributed by atoms with E-state index < -0.39 is 0 Å². The molecule has 0 saturated carbocycles. The molecule has 1 aliphatic heterocycles. The zero-order chi connectivity index (χ0) is 12.3. The van der Waals surface area contributed by atoms with Crippen LogP contribution < -0.4 is 15.5 Å². The Kier molecular flexibility index (Phi) is 3.58. The van der Waals surface area contributed by atoms with E-state index in [0.717, 1.165) is 24.5 Å². The zero-order valence-electron chi connectivity index (χ0n) is 10.2. The van der Waals surface area contributed by atoms with E-state index in [1.807, 2.05) is 37.2 Å². The van der Waals surface area contributed by atoms with Crippen molar-refractivity contribution in [2.75, 3.05) is 25.0 Å². The SMILES string of the molecule is CNCc1ccc(N2CCNC(=O)C2C)nc1. The third-order valence-corrected chi connectivity index (χ3v) is 2.98. The van der Waals surface area contributed by atoms with E-state index in [1.54, 1.807) is 0 Å². The molecule has 5 nitrogen and oxygen atoms in total. The molecule has 0 bridgehead atoms. The Balaban J connectivity index is 2.13. The van der Waals surface area contributed by atoms with Crippen molar-refractivity contribution in [3.05, 3.63) is 23.9 Å². The highest BCUT2D eigenvalue weighted by Gasteiger charge is 2.26. The molecule has 1 unspecified atom stereocenters. The molecule has 0 aliphatic carbocycles. The van der Waals surface area contributed by atoms with Crippen LogP contribution in [0.1, 0.15) is 12.5 Å². The molecule has 2 rings (SSSR count). The Morgan fingerprint density at radius 1 is 1.59 bits per heavy atom. The summed E-state index contributed by atoms with van der Waals surface area (Å²) in [6, 6.07) is 3.87. The molecular weight excluding hydrogens is 216 g/mol. The molecule has 2 heterocycles. The maximum absolute atomic E-state index is 11.6. The van der Waals surface area contributed by atoms with Gasteiger partial charge in [0.2, 0.25) is 5.91 Å². The van der Waals surface area contributed by atoms with Gasteiger partial charge in [0.25, 0.3) is 0 Å². The summed E-state index contributed by atoms with van der Waals surface area (Å²) in [7, 11) is 1.91. The number of pyridine rings is 1. The van der Waals surface area contributed by atoms with Crippen molar-refractivity contribution in [2.45, 2.75) is 19.5 Å². The van der Waals surface area contributed by atoms with Gasteiger partial charge in [0.15, 0.2) is 0 Å². The van der Waals surface area contributed by atoms with Crippen LogP contribution in [0.2, 0.25) is 0 Å². The highest BCUT2D eigenvalue weighted by molar-refractivity contribution is 5.85. The number of piperazine rings is 1. The number of amides is 1. The second-order valence-electron chi connectivity index (χ2n) is 4.22. The van der Waals surface area contributed by atoms with Gasteiger partial charge in [0.1, 0.15) is 11.9 Å². The maximum Gasteiger partial charge on any atom is 0.242 e. The first-order valence-electron chi connectivity index (χ1n) is 5.86. The van der Waals surface area contributed by atoms with E-state index in [-0.39, 0.29) is 11.9 Å². The number of carbonyl (C=O) groups is 1. The lowest BCUT2D eigenvalue weighted by Gasteiger charge is -2.33. The summed E-state index contributed by atoms with van der Waals surface area (Å²) >= 11 is 0. The van der Waals surface area contributed by atoms with Gasteiger partial charge >= 0.3 is 0 Å². The molecule has 0 spiro atoms. The molecule has 1 saturated heterocycles. The van der Waals surface area contributed by atoms with Crippen LogP contribution in [0.5, 0.6) is 0 Å². The van der Waals surface area contributed by atoms with Crippen molar-refractivity contribution in [3.63, 3.8) is 0 Å². The molecule has 2 N–H and O–H groups in total. The molecule has 1 aliphatic rings. The highest BCUT2D eigenvalue weighted by atomic mass is 16.2. The van der Waals surface area contributed by atoms with Crippen molar-refractivity contribution in [1.29, 1.82) is 0 Å². The fraction of sp³-hybridized carbons (Fsp3) is 0.500. The van der Waals surface area contributed by atoms with Gasteiger partial charge in [0.05, 0.1) is 0 Å². The summed E-state index contributed by atoms with van der Waals surface area (Å²) in [5, 5.41) is 5.93. The highest BCUT2D eigenvalue weighted by Crippen LogP contribution is 2.16. The number of hydrogen-bond acceptors (Lipinski definition) is 4. The second kappa shape index (κ2) is 5.14. The van der Waals surface area contributed by atoms with Crippen molar-refractivity contribution < 1.29 is 4.79 Å². The summed E-state index contributed by atoms with van der Waals surface area (Å²) in [6.07, 6.45) is 1.85. The summed E-state index contributed by atoms with van der Waals surface area (Å²) < 4.78 is 0. The van der Waals surface area contributed by atoms with Crippen LogP contribution in [0, 0.1) is 0 Å². The van der Waals surface area contributed by atoms with Crippen LogP contribution >= 0.6 is 0 Å². The van der Waals surface area contributed by atoms with Gasteiger partial charge in [-0.25, -0.2) is 4.98 Å². The fourth-order valence-corrected chi connectivity index (χ4v) is 1.99. The second-order valence-corrected chi connectivity index (χ2v) is 4.22. The van der Waals surface area contributed by atoms with Crippen LogP contribution in [-0.4, -0.2) is 37.1 Å². The van der Waals surface area contributed by atoms with Gasteiger partial charge in [-0.1, -0.05) is 6.07 Å². The lowest BCUT2D eigenvalue weighted by Crippen LogP contribution is -2.54. The van der Waals surface area contributed by atoms with Gasteiger partial charge < -0.3 is 15.5 Å². The van der Waals surface area contributed by atoms with E-state index in [9.17, 15) is 4.79 Å². The van der Waals surface area contributed by atoms with Gasteiger partial charge in [-0.2, -0.15) is 0 Å². The summed E-state index contributed by atoms with van der Waals surface area (Å²) in [4.78, 5) is 18.0. The van der Waals surface area contributed by atoms with E-state index in [1.165, 1.54) is 0 Å². The minimum Gasteiger partial charge on any atom is -0.353 e. The third kappa shape index (κ3) is 2.55. The zero-order valence-corrected chi connectivity index (χ0v) is 10.2. The van der Waals surface area contributed by atoms with Gasteiger partial charge in [-0.3, -0.25) is 4.79 Å². The summed E-state index contributed by atoms with van der Waals surface area (Å²) in [5.74, 6) is 0.935. The average molecular weight is 234 g/mol. The maximum atomic E-state index is 11.6. The van der Waals surface area contributed by atoms with Gasteiger partial charge in [-0.15, -0.1) is 0 Å². The van der Waals surface area contributed by atoms with Gasteiger partial charge in [-0.05, 0) is 25.6 Å². The number of anilines is 1. The number of hydrogen-bond donors (Lipinski definition) is 2. The molecule has 17 heavy (non-hydrogen) atoms. The standard InChI is InChI=1S/C12H18N4O/c1-9-12(17)14-5-6-16(9)11-4-3-10(7-13-2)8-15-11/h3-4,8-9,13H,5-7H2,1-2H3,(H,14,17). The molecule has 0 aromatic carbocycles. The Morgan fingerprint density at radius 3 is 3.06 bits per heavy atom. The topological polar surface area (TPSA) is 57.3 Å². The predicted molar refractivity (Wildman–Crippen MR) is 66.8 cm³/mol. The van der Waals surface area contributed by atoms with E-state index >= 15 is 0 Å². The Bertz CT molecular complexity index is 390. The number of rotatable bonds is 3. The van der Waals surface area contributed by atoms with E-state index in [0.29, 0.717) is 6.54 Å². The molecular formula is C12H18N4O. The smallest absolute Gasteiger partial charge is 0.242 e. The Hall–Kier alpha value is -1.62. The molecule has 5 heteroatoms. The Morgan fingerprint density at radius 2 is 2.41 bits per heavy atom. The van der Waals surface area contributed by atoms with Crippen molar-refractivity contribution >= 4 is 11.7 Å². The van der Waals surface area contributed by atoms with E-state index in [2.05, 4.69) is 15.6 Å². The quantitative estimate of drug-likeness (QED) is 0.780. The number of carbonyl (C=O) groups excluding carboxylic acids is 1. The molecule has 92 valence electrons. The monoisotopic (exact) mass is 234 g/mol. The molecule has 0 radical (unpaired) electrons. The van der Waals surface area contributed by atoms with Crippen LogP contribution in [-0.2, 0) is 11.3 Å². The lowest BCUT2D eigenvalue weighted by atomic mass is 10.2. The Labute approximate surface area is 101 Å². The third-order valence-electron chi connectivity index (χ3n) is 2.98. The summed E-state index contributed by atoms with van der Waals surface area (Å²) in [6.45, 7) is 4.20. The molecule has 1 atom stereocenters.